The average Bonchev–Trinajstić information content (AvgIpc) is 2.65. The summed E-state index contributed by atoms with van der Waals surface area (Å²) in [5.74, 6) is 1.04. The van der Waals surface area contributed by atoms with Gasteiger partial charge in [-0.2, -0.15) is 5.26 Å². The van der Waals surface area contributed by atoms with Crippen LogP contribution < -0.4 is 14.2 Å². The van der Waals surface area contributed by atoms with Crippen LogP contribution in [0.4, 0.5) is 0 Å². The number of hydrogen-bond acceptors (Lipinski definition) is 5. The fourth-order valence-electron chi connectivity index (χ4n) is 2.55. The lowest BCUT2D eigenvalue weighted by atomic mass is 9.86. The van der Waals surface area contributed by atoms with Crippen molar-refractivity contribution >= 4 is 12.0 Å². The smallest absolute Gasteiger partial charge is 0.336 e. The first-order chi connectivity index (χ1) is 13.2. The molecule has 0 fully saturated rings. The van der Waals surface area contributed by atoms with Crippen molar-refractivity contribution in [2.75, 3.05) is 13.7 Å². The van der Waals surface area contributed by atoms with Crippen molar-refractivity contribution in [2.24, 2.45) is 0 Å². The minimum absolute atomic E-state index is 0.0371. The lowest BCUT2D eigenvalue weighted by molar-refractivity contribution is -0.128. The van der Waals surface area contributed by atoms with Gasteiger partial charge >= 0.3 is 5.97 Å². The number of nitrogens with zero attached hydrogens (tertiary/aromatic N) is 1. The molecule has 5 heteroatoms. The van der Waals surface area contributed by atoms with E-state index in [-0.39, 0.29) is 12.0 Å². The van der Waals surface area contributed by atoms with Gasteiger partial charge in [-0.3, -0.25) is 0 Å². The minimum Gasteiger partial charge on any atom is -0.493 e. The summed E-state index contributed by atoms with van der Waals surface area (Å²) in [7, 11) is 1.51. The van der Waals surface area contributed by atoms with E-state index in [0.29, 0.717) is 17.2 Å². The van der Waals surface area contributed by atoms with Gasteiger partial charge in [0, 0.05) is 6.08 Å². The summed E-state index contributed by atoms with van der Waals surface area (Å²) in [6, 6.07) is 12.9. The average molecular weight is 379 g/mol. The van der Waals surface area contributed by atoms with Crippen molar-refractivity contribution in [2.45, 2.75) is 33.1 Å². The highest BCUT2D eigenvalue weighted by Gasteiger charge is 2.15. The summed E-state index contributed by atoms with van der Waals surface area (Å²) in [6.07, 6.45) is 3.00. The van der Waals surface area contributed by atoms with Crippen molar-refractivity contribution in [3.63, 3.8) is 0 Å². The largest absolute Gasteiger partial charge is 0.493 e. The van der Waals surface area contributed by atoms with E-state index in [1.165, 1.54) is 18.7 Å². The van der Waals surface area contributed by atoms with Crippen LogP contribution in [0.3, 0.4) is 0 Å². The minimum atomic E-state index is -0.463. The lowest BCUT2D eigenvalue weighted by Crippen LogP contribution is -2.12. The Balaban J connectivity index is 2.09. The van der Waals surface area contributed by atoms with E-state index in [1.807, 2.05) is 31.2 Å². The van der Waals surface area contributed by atoms with Gasteiger partial charge in [0.15, 0.2) is 18.1 Å². The summed E-state index contributed by atoms with van der Waals surface area (Å²) in [5.41, 5.74) is 2.88. The van der Waals surface area contributed by atoms with Gasteiger partial charge in [0.1, 0.15) is 11.8 Å². The lowest BCUT2D eigenvalue weighted by Gasteiger charge is -2.20. The van der Waals surface area contributed by atoms with Crippen LogP contribution in [0.1, 0.15) is 37.5 Å². The molecule has 2 rings (SSSR count). The summed E-state index contributed by atoms with van der Waals surface area (Å²) in [6.45, 7) is 8.28. The van der Waals surface area contributed by atoms with Gasteiger partial charge in [0.25, 0.3) is 0 Å². The standard InChI is InChI=1S/C23H25NO4/c1-16-14-18(23(2,3)4)8-10-19(16)28-22(25)11-7-17-6-9-20(27-13-12-24)21(15-17)26-5/h6-11,14-15H,13H2,1-5H3/b11-7+. The highest BCUT2D eigenvalue weighted by atomic mass is 16.5. The first kappa shape index (κ1) is 21.0. The van der Waals surface area contributed by atoms with Gasteiger partial charge < -0.3 is 14.2 Å². The molecule has 0 aromatic heterocycles. The molecule has 146 valence electrons. The zero-order chi connectivity index (χ0) is 20.7. The first-order valence-corrected chi connectivity index (χ1v) is 8.93. The van der Waals surface area contributed by atoms with Gasteiger partial charge in [-0.25, -0.2) is 4.79 Å². The third kappa shape index (κ3) is 5.62. The summed E-state index contributed by atoms with van der Waals surface area (Å²) < 4.78 is 16.0. The molecule has 0 saturated heterocycles. The van der Waals surface area contributed by atoms with Crippen LogP contribution in [0.15, 0.2) is 42.5 Å². The van der Waals surface area contributed by atoms with Crippen molar-refractivity contribution in [3.8, 4) is 23.3 Å². The summed E-state index contributed by atoms with van der Waals surface area (Å²) in [4.78, 5) is 12.2. The number of rotatable bonds is 6. The van der Waals surface area contributed by atoms with Crippen LogP contribution in [0.2, 0.25) is 0 Å². The molecule has 0 aliphatic rings. The quantitative estimate of drug-likeness (QED) is 0.409. The maximum atomic E-state index is 12.2. The molecule has 0 saturated carbocycles. The van der Waals surface area contributed by atoms with Gasteiger partial charge in [0.2, 0.25) is 0 Å². The maximum Gasteiger partial charge on any atom is 0.336 e. The van der Waals surface area contributed by atoms with Crippen LogP contribution in [-0.2, 0) is 10.2 Å². The Hall–Kier alpha value is -3.26. The molecule has 2 aromatic carbocycles. The highest BCUT2D eigenvalue weighted by Crippen LogP contribution is 2.29. The molecule has 0 amide bonds. The topological polar surface area (TPSA) is 68.6 Å². The summed E-state index contributed by atoms with van der Waals surface area (Å²) in [5, 5.41) is 8.61. The Labute approximate surface area is 166 Å². The van der Waals surface area contributed by atoms with Crippen molar-refractivity contribution < 1.29 is 19.0 Å². The Morgan fingerprint density at radius 1 is 1.11 bits per heavy atom. The van der Waals surface area contributed by atoms with Crippen LogP contribution in [0, 0.1) is 18.3 Å². The molecule has 0 N–H and O–H groups in total. The van der Waals surface area contributed by atoms with Crippen molar-refractivity contribution in [1.82, 2.24) is 0 Å². The second kappa shape index (κ2) is 9.09. The fraction of sp³-hybridized carbons (Fsp3) is 0.304. The number of nitriles is 1. The molecular weight excluding hydrogens is 354 g/mol. The normalized spacial score (nSPS) is 11.1. The molecular formula is C23H25NO4. The highest BCUT2D eigenvalue weighted by molar-refractivity contribution is 5.89. The van der Waals surface area contributed by atoms with E-state index in [2.05, 4.69) is 20.8 Å². The summed E-state index contributed by atoms with van der Waals surface area (Å²) >= 11 is 0. The second-order valence-electron chi connectivity index (χ2n) is 7.34. The zero-order valence-electron chi connectivity index (χ0n) is 16.9. The maximum absolute atomic E-state index is 12.2. The van der Waals surface area contributed by atoms with Gasteiger partial charge in [-0.1, -0.05) is 39.0 Å². The number of ether oxygens (including phenoxy) is 3. The number of aryl methyl sites for hydroxylation is 1. The van der Waals surface area contributed by atoms with Crippen molar-refractivity contribution in [1.29, 1.82) is 5.26 Å². The molecule has 0 unspecified atom stereocenters. The molecule has 0 spiro atoms. The molecule has 28 heavy (non-hydrogen) atoms. The molecule has 0 aliphatic carbocycles. The first-order valence-electron chi connectivity index (χ1n) is 8.93. The number of methoxy groups -OCH3 is 1. The predicted octanol–water partition coefficient (Wildman–Crippen LogP) is 4.82. The molecule has 2 aromatic rings. The molecule has 0 bridgehead atoms. The third-order valence-electron chi connectivity index (χ3n) is 4.14. The van der Waals surface area contributed by atoms with E-state index in [4.69, 9.17) is 19.5 Å². The third-order valence-corrected chi connectivity index (χ3v) is 4.14. The fourth-order valence-corrected chi connectivity index (χ4v) is 2.55. The Bertz CT molecular complexity index is 917. The molecule has 5 nitrogen and oxygen atoms in total. The predicted molar refractivity (Wildman–Crippen MR) is 109 cm³/mol. The Morgan fingerprint density at radius 2 is 1.82 bits per heavy atom. The Morgan fingerprint density at radius 3 is 2.43 bits per heavy atom. The van der Waals surface area contributed by atoms with E-state index in [1.54, 1.807) is 24.3 Å². The van der Waals surface area contributed by atoms with Crippen LogP contribution in [0.5, 0.6) is 17.2 Å². The Kier molecular flexibility index (Phi) is 6.84. The van der Waals surface area contributed by atoms with Crippen LogP contribution >= 0.6 is 0 Å². The second-order valence-corrected chi connectivity index (χ2v) is 7.34. The number of carbonyl (C=O) groups excluding carboxylic acids is 1. The number of carbonyl (C=O) groups is 1. The van der Waals surface area contributed by atoms with E-state index < -0.39 is 5.97 Å². The van der Waals surface area contributed by atoms with E-state index >= 15 is 0 Å². The molecule has 0 radical (unpaired) electrons. The number of esters is 1. The van der Waals surface area contributed by atoms with Crippen molar-refractivity contribution in [3.05, 3.63) is 59.2 Å². The zero-order valence-corrected chi connectivity index (χ0v) is 16.9. The SMILES string of the molecule is COc1cc(/C=C/C(=O)Oc2ccc(C(C)(C)C)cc2C)ccc1OCC#N. The van der Waals surface area contributed by atoms with Gasteiger partial charge in [-0.05, 0) is 53.3 Å². The molecule has 0 atom stereocenters. The van der Waals surface area contributed by atoms with Gasteiger partial charge in [0.05, 0.1) is 7.11 Å². The number of benzene rings is 2. The molecule has 0 aliphatic heterocycles. The molecule has 0 heterocycles. The monoisotopic (exact) mass is 379 g/mol. The van der Waals surface area contributed by atoms with Crippen LogP contribution in [-0.4, -0.2) is 19.7 Å². The number of hydrogen-bond donors (Lipinski definition) is 0. The van der Waals surface area contributed by atoms with E-state index in [9.17, 15) is 4.79 Å². The van der Waals surface area contributed by atoms with Gasteiger partial charge in [-0.15, -0.1) is 0 Å². The van der Waals surface area contributed by atoms with Crippen LogP contribution in [0.25, 0.3) is 6.08 Å². The van der Waals surface area contributed by atoms with E-state index in [0.717, 1.165) is 11.1 Å².